The molecule has 2 aliphatic rings. The van der Waals surface area contributed by atoms with Gasteiger partial charge >= 0.3 is 5.97 Å². The van der Waals surface area contributed by atoms with E-state index in [4.69, 9.17) is 4.74 Å². The Balaban J connectivity index is 1.81. The van der Waals surface area contributed by atoms with Gasteiger partial charge in [0.1, 0.15) is 0 Å². The zero-order valence-electron chi connectivity index (χ0n) is 15.5. The summed E-state index contributed by atoms with van der Waals surface area (Å²) >= 11 is 0. The van der Waals surface area contributed by atoms with Crippen LogP contribution in [0.1, 0.15) is 67.4 Å². The van der Waals surface area contributed by atoms with Gasteiger partial charge in [-0.1, -0.05) is 13.0 Å². The fourth-order valence-electron chi connectivity index (χ4n) is 4.57. The summed E-state index contributed by atoms with van der Waals surface area (Å²) in [4.78, 5) is 11.8. The Kier molecular flexibility index (Phi) is 3.68. The Morgan fingerprint density at radius 1 is 1.35 bits per heavy atom. The predicted octanol–water partition coefficient (Wildman–Crippen LogP) is 4.11. The molecule has 136 valence electrons. The summed E-state index contributed by atoms with van der Waals surface area (Å²) in [5.74, 6) is -0.383. The molecule has 3 atom stereocenters. The van der Waals surface area contributed by atoms with Crippen LogP contribution in [0.5, 0.6) is 0 Å². The summed E-state index contributed by atoms with van der Waals surface area (Å²) in [5.41, 5.74) is 2.16. The lowest BCUT2D eigenvalue weighted by Crippen LogP contribution is -2.33. The van der Waals surface area contributed by atoms with Crippen molar-refractivity contribution in [3.63, 3.8) is 0 Å². The molecule has 2 aromatic heterocycles. The molecule has 1 saturated carbocycles. The number of hydrogen-bond donors (Lipinski definition) is 1. The Labute approximate surface area is 153 Å². The molecule has 1 N–H and O–H groups in total. The van der Waals surface area contributed by atoms with Crippen molar-refractivity contribution in [3.05, 3.63) is 41.2 Å². The number of rotatable bonds is 3. The van der Waals surface area contributed by atoms with E-state index in [0.29, 0.717) is 11.5 Å². The SMILES string of the molecule is C[C@H]1C[C@@]1(C#N)c1c(C(=O)O)cn2cc([C@@H]3CCOC(C)(C)C3)ccc12. The van der Waals surface area contributed by atoms with E-state index >= 15 is 0 Å². The van der Waals surface area contributed by atoms with E-state index in [1.807, 2.05) is 23.6 Å². The third kappa shape index (κ3) is 2.52. The van der Waals surface area contributed by atoms with Gasteiger partial charge in [-0.15, -0.1) is 0 Å². The lowest BCUT2D eigenvalue weighted by Gasteiger charge is -2.35. The Hall–Kier alpha value is -2.32. The minimum absolute atomic E-state index is 0.139. The fraction of sp³-hybridized carbons (Fsp3) is 0.524. The zero-order valence-corrected chi connectivity index (χ0v) is 15.5. The second kappa shape index (κ2) is 5.59. The van der Waals surface area contributed by atoms with Crippen LogP contribution in [0, 0.1) is 17.2 Å². The number of nitrogens with zero attached hydrogens (tertiary/aromatic N) is 2. The average molecular weight is 352 g/mol. The Bertz CT molecular complexity index is 937. The van der Waals surface area contributed by atoms with Crippen molar-refractivity contribution in [3.8, 4) is 6.07 Å². The number of fused-ring (bicyclic) bond motifs is 1. The molecule has 2 fully saturated rings. The quantitative estimate of drug-likeness (QED) is 0.902. The van der Waals surface area contributed by atoms with Crippen molar-refractivity contribution < 1.29 is 14.6 Å². The number of carboxylic acid groups (broad SMARTS) is 1. The molecule has 0 amide bonds. The molecule has 1 aliphatic carbocycles. The lowest BCUT2D eigenvalue weighted by molar-refractivity contribution is -0.0593. The van der Waals surface area contributed by atoms with Crippen LogP contribution in [0.4, 0.5) is 0 Å². The fourth-order valence-corrected chi connectivity index (χ4v) is 4.57. The molecule has 0 aromatic carbocycles. The van der Waals surface area contributed by atoms with Crippen molar-refractivity contribution >= 4 is 11.5 Å². The lowest BCUT2D eigenvalue weighted by atomic mass is 9.84. The molecular formula is C21H24N2O3. The second-order valence-corrected chi connectivity index (χ2v) is 8.46. The van der Waals surface area contributed by atoms with Crippen molar-refractivity contribution in [2.24, 2.45) is 5.92 Å². The smallest absolute Gasteiger partial charge is 0.337 e. The van der Waals surface area contributed by atoms with Gasteiger partial charge in [-0.2, -0.15) is 5.26 Å². The summed E-state index contributed by atoms with van der Waals surface area (Å²) in [6.07, 6.45) is 6.34. The Morgan fingerprint density at radius 2 is 2.08 bits per heavy atom. The molecule has 2 aromatic rings. The van der Waals surface area contributed by atoms with Crippen LogP contribution in [0.25, 0.3) is 5.52 Å². The van der Waals surface area contributed by atoms with E-state index in [2.05, 4.69) is 26.0 Å². The molecule has 4 rings (SSSR count). The minimum Gasteiger partial charge on any atom is -0.478 e. The van der Waals surface area contributed by atoms with Crippen molar-refractivity contribution in [2.75, 3.05) is 6.61 Å². The number of aromatic carboxylic acids is 1. The van der Waals surface area contributed by atoms with Crippen LogP contribution in [0.3, 0.4) is 0 Å². The summed E-state index contributed by atoms with van der Waals surface area (Å²) in [6, 6.07) is 6.47. The first kappa shape index (κ1) is 17.1. The van der Waals surface area contributed by atoms with E-state index in [1.165, 1.54) is 5.56 Å². The van der Waals surface area contributed by atoms with Gasteiger partial charge in [-0.25, -0.2) is 4.79 Å². The normalized spacial score (nSPS) is 30.1. The zero-order chi connectivity index (χ0) is 18.7. The number of ether oxygens (including phenoxy) is 1. The molecule has 1 saturated heterocycles. The topological polar surface area (TPSA) is 74.7 Å². The largest absolute Gasteiger partial charge is 0.478 e. The van der Waals surface area contributed by atoms with Crippen LogP contribution >= 0.6 is 0 Å². The van der Waals surface area contributed by atoms with E-state index in [9.17, 15) is 15.2 Å². The third-order valence-corrected chi connectivity index (χ3v) is 6.15. The molecule has 5 heteroatoms. The number of nitriles is 1. The number of pyridine rings is 1. The first-order valence-electron chi connectivity index (χ1n) is 9.21. The van der Waals surface area contributed by atoms with Gasteiger partial charge in [-0.3, -0.25) is 0 Å². The standard InChI is InChI=1S/C21H24N2O3/c1-13-8-21(13,12-22)18-16(19(24)25)11-23-10-15(4-5-17(18)23)14-6-7-26-20(2,3)9-14/h4-5,10-11,13-14H,6-9H2,1-3H3,(H,24,25)/t13-,14+,21-/m0/s1. The summed E-state index contributed by atoms with van der Waals surface area (Å²) in [6.45, 7) is 6.97. The van der Waals surface area contributed by atoms with Gasteiger partial charge in [0.15, 0.2) is 0 Å². The number of aromatic nitrogens is 1. The maximum atomic E-state index is 11.8. The highest BCUT2D eigenvalue weighted by Gasteiger charge is 2.56. The van der Waals surface area contributed by atoms with Gasteiger partial charge in [-0.05, 0) is 56.6 Å². The van der Waals surface area contributed by atoms with Crippen molar-refractivity contribution in [2.45, 2.75) is 57.0 Å². The maximum Gasteiger partial charge on any atom is 0.337 e. The first-order chi connectivity index (χ1) is 12.3. The Morgan fingerprint density at radius 3 is 2.65 bits per heavy atom. The molecule has 0 radical (unpaired) electrons. The number of hydrogen-bond acceptors (Lipinski definition) is 3. The van der Waals surface area contributed by atoms with Gasteiger partial charge in [0.25, 0.3) is 0 Å². The number of carboxylic acids is 1. The molecule has 5 nitrogen and oxygen atoms in total. The van der Waals surface area contributed by atoms with Crippen LogP contribution < -0.4 is 0 Å². The van der Waals surface area contributed by atoms with Gasteiger partial charge in [0.05, 0.1) is 28.2 Å². The number of carbonyl (C=O) groups is 1. The highest BCUT2D eigenvalue weighted by atomic mass is 16.5. The second-order valence-electron chi connectivity index (χ2n) is 8.46. The van der Waals surface area contributed by atoms with E-state index in [0.717, 1.165) is 31.4 Å². The summed E-state index contributed by atoms with van der Waals surface area (Å²) in [5, 5.41) is 19.4. The average Bonchev–Trinajstić information content (AvgIpc) is 3.09. The molecule has 0 unspecified atom stereocenters. The third-order valence-electron chi connectivity index (χ3n) is 6.15. The molecule has 26 heavy (non-hydrogen) atoms. The molecule has 3 heterocycles. The highest BCUT2D eigenvalue weighted by molar-refractivity contribution is 5.94. The summed E-state index contributed by atoms with van der Waals surface area (Å²) < 4.78 is 7.72. The van der Waals surface area contributed by atoms with E-state index in [-0.39, 0.29) is 17.1 Å². The monoisotopic (exact) mass is 352 g/mol. The van der Waals surface area contributed by atoms with Gasteiger partial charge in [0, 0.05) is 24.6 Å². The van der Waals surface area contributed by atoms with Crippen LogP contribution in [-0.2, 0) is 10.2 Å². The minimum atomic E-state index is -0.967. The van der Waals surface area contributed by atoms with Gasteiger partial charge in [0.2, 0.25) is 0 Å². The van der Waals surface area contributed by atoms with Gasteiger partial charge < -0.3 is 14.2 Å². The molecule has 1 aliphatic heterocycles. The first-order valence-corrected chi connectivity index (χ1v) is 9.21. The molecular weight excluding hydrogens is 328 g/mol. The molecule has 0 spiro atoms. The van der Waals surface area contributed by atoms with E-state index < -0.39 is 11.4 Å². The van der Waals surface area contributed by atoms with Crippen LogP contribution in [0.15, 0.2) is 24.5 Å². The van der Waals surface area contributed by atoms with Crippen LogP contribution in [-0.4, -0.2) is 27.7 Å². The molecule has 0 bridgehead atoms. The summed E-state index contributed by atoms with van der Waals surface area (Å²) in [7, 11) is 0. The van der Waals surface area contributed by atoms with Crippen molar-refractivity contribution in [1.82, 2.24) is 4.40 Å². The van der Waals surface area contributed by atoms with Crippen LogP contribution in [0.2, 0.25) is 0 Å². The highest BCUT2D eigenvalue weighted by Crippen LogP contribution is 2.56. The van der Waals surface area contributed by atoms with E-state index in [1.54, 1.807) is 6.20 Å². The predicted molar refractivity (Wildman–Crippen MR) is 97.4 cm³/mol. The maximum absolute atomic E-state index is 11.8. The van der Waals surface area contributed by atoms with Crippen molar-refractivity contribution in [1.29, 1.82) is 5.26 Å².